The van der Waals surface area contributed by atoms with Gasteiger partial charge in [0.2, 0.25) is 0 Å². The van der Waals surface area contributed by atoms with Gasteiger partial charge in [-0.15, -0.1) is 16.9 Å². The number of anilines is 1. The molecule has 1 aromatic carbocycles. The highest BCUT2D eigenvalue weighted by atomic mass is 32.2. The number of hydrogen-bond acceptors (Lipinski definition) is 6. The summed E-state index contributed by atoms with van der Waals surface area (Å²) in [5, 5.41) is 16.8. The maximum atomic E-state index is 14.7. The maximum Gasteiger partial charge on any atom is 0.182 e. The second kappa shape index (κ2) is 10.2. The van der Waals surface area contributed by atoms with Crippen molar-refractivity contribution in [2.45, 2.75) is 61.7 Å². The molecule has 7 nitrogen and oxygen atoms in total. The number of nitriles is 1. The average Bonchev–Trinajstić information content (AvgIpc) is 3.47. The van der Waals surface area contributed by atoms with Crippen LogP contribution >= 0.6 is 11.8 Å². The highest BCUT2D eigenvalue weighted by molar-refractivity contribution is 7.98. The van der Waals surface area contributed by atoms with Crippen molar-refractivity contribution in [1.29, 1.82) is 5.26 Å². The van der Waals surface area contributed by atoms with Gasteiger partial charge in [0.1, 0.15) is 23.5 Å². The number of hydrogen-bond donors (Lipinski definition) is 1. The van der Waals surface area contributed by atoms with E-state index >= 15 is 0 Å². The molecule has 2 atom stereocenters. The van der Waals surface area contributed by atoms with Crippen molar-refractivity contribution >= 4 is 29.1 Å². The lowest BCUT2D eigenvalue weighted by molar-refractivity contribution is 0.356. The second-order valence-corrected chi connectivity index (χ2v) is 9.85. The molecular weight excluding hydrogens is 468 g/mol. The number of halogens is 2. The van der Waals surface area contributed by atoms with E-state index < -0.39 is 6.17 Å². The third kappa shape index (κ3) is 4.82. The van der Waals surface area contributed by atoms with Gasteiger partial charge in [-0.1, -0.05) is 19.3 Å². The lowest BCUT2D eigenvalue weighted by Crippen LogP contribution is -2.27. The summed E-state index contributed by atoms with van der Waals surface area (Å²) in [6.07, 6.45) is 10.2. The topological polar surface area (TPSA) is 81.6 Å². The van der Waals surface area contributed by atoms with Crippen molar-refractivity contribution in [3.63, 3.8) is 0 Å². The molecule has 1 aliphatic heterocycles. The van der Waals surface area contributed by atoms with Crippen molar-refractivity contribution in [3.8, 4) is 6.19 Å². The van der Waals surface area contributed by atoms with Crippen LogP contribution in [0.1, 0.15) is 55.8 Å². The molecule has 5 rings (SSSR count). The summed E-state index contributed by atoms with van der Waals surface area (Å²) < 4.78 is 30.5. The van der Waals surface area contributed by atoms with Crippen LogP contribution < -0.4 is 10.2 Å². The van der Waals surface area contributed by atoms with E-state index in [1.165, 1.54) is 30.3 Å². The number of fused-ring (bicyclic) bond motifs is 1. The van der Waals surface area contributed by atoms with E-state index in [4.69, 9.17) is 10.1 Å². The van der Waals surface area contributed by atoms with Crippen LogP contribution in [0.3, 0.4) is 0 Å². The molecule has 1 N–H and O–H groups in total. The van der Waals surface area contributed by atoms with Crippen LogP contribution in [0, 0.1) is 17.3 Å². The number of nitrogens with one attached hydrogen (secondary N) is 1. The Morgan fingerprint density at radius 1 is 1.23 bits per heavy atom. The van der Waals surface area contributed by atoms with Gasteiger partial charge in [0.25, 0.3) is 0 Å². The predicted octanol–water partition coefficient (Wildman–Crippen LogP) is 5.03. The Morgan fingerprint density at radius 3 is 2.83 bits per heavy atom. The minimum atomic E-state index is -1.05. The minimum absolute atomic E-state index is 0.154. The zero-order valence-corrected chi connectivity index (χ0v) is 20.3. The lowest BCUT2D eigenvalue weighted by atomic mass is 9.96. The third-order valence-electron chi connectivity index (χ3n) is 6.75. The van der Waals surface area contributed by atoms with Crippen molar-refractivity contribution in [2.75, 3.05) is 17.7 Å². The van der Waals surface area contributed by atoms with Crippen LogP contribution in [-0.2, 0) is 0 Å². The summed E-state index contributed by atoms with van der Waals surface area (Å²) in [7, 11) is 0. The summed E-state index contributed by atoms with van der Waals surface area (Å²) in [6.45, 7) is 0.164. The monoisotopic (exact) mass is 495 g/mol. The first-order valence-electron chi connectivity index (χ1n) is 11.9. The van der Waals surface area contributed by atoms with Crippen LogP contribution in [0.25, 0.3) is 5.65 Å². The van der Waals surface area contributed by atoms with Gasteiger partial charge >= 0.3 is 0 Å². The van der Waals surface area contributed by atoms with Crippen molar-refractivity contribution in [1.82, 2.24) is 19.9 Å². The summed E-state index contributed by atoms with van der Waals surface area (Å²) in [5.41, 5.74) is 1.94. The first-order valence-corrected chi connectivity index (χ1v) is 13.1. The summed E-state index contributed by atoms with van der Waals surface area (Å²) in [4.78, 5) is 12.1. The smallest absolute Gasteiger partial charge is 0.182 e. The molecule has 10 heteroatoms. The van der Waals surface area contributed by atoms with Gasteiger partial charge in [-0.25, -0.2) is 18.3 Å². The molecule has 3 heterocycles. The van der Waals surface area contributed by atoms with Crippen LogP contribution in [0.2, 0.25) is 0 Å². The Bertz CT molecular complexity index is 1280. The van der Waals surface area contributed by atoms with Gasteiger partial charge in [-0.3, -0.25) is 10.3 Å². The number of thioether (sulfide) groups is 1. The molecule has 3 aromatic rings. The number of nitrogens with zero attached hydrogens (tertiary/aromatic N) is 6. The van der Waals surface area contributed by atoms with Crippen LogP contribution in [0.5, 0.6) is 0 Å². The predicted molar refractivity (Wildman–Crippen MR) is 133 cm³/mol. The Hall–Kier alpha value is -3.19. The molecule has 0 amide bonds. The number of amidine groups is 1. The molecular formula is C25H27F2N7S. The molecule has 1 saturated heterocycles. The normalized spacial score (nSPS) is 21.4. The van der Waals surface area contributed by atoms with Crippen LogP contribution in [0.15, 0.2) is 46.4 Å². The fraction of sp³-hybridized carbons (Fsp3) is 0.440. The SMILES string of the molecule is CSc1ccc(F)cc1C1CC(F)CN1c1ccc2ncc(C(=NC3CCCCC3)NC#N)n2n1. The van der Waals surface area contributed by atoms with E-state index in [2.05, 4.69) is 10.3 Å². The zero-order chi connectivity index (χ0) is 24.4. The van der Waals surface area contributed by atoms with Gasteiger partial charge in [-0.05, 0) is 55.0 Å². The number of aromatic nitrogens is 3. The standard InChI is InChI=1S/C25H27F2N7S/c1-35-22-8-7-16(26)11-19(22)20-12-17(27)14-33(20)24-10-9-23-29-13-21(34(23)32-24)25(30-15-28)31-18-5-3-2-4-6-18/h7-11,13,17-18,20H,2-6,12,14H2,1H3,(H,30,31). The van der Waals surface area contributed by atoms with Gasteiger partial charge in [0.15, 0.2) is 17.7 Å². The molecule has 2 unspecified atom stereocenters. The fourth-order valence-electron chi connectivity index (χ4n) is 5.08. The number of aliphatic imine (C=N–C) groups is 1. The van der Waals surface area contributed by atoms with E-state index in [0.29, 0.717) is 23.0 Å². The largest absolute Gasteiger partial charge is 0.345 e. The quantitative estimate of drug-likeness (QED) is 0.176. The number of alkyl halides is 1. The van der Waals surface area contributed by atoms with Crippen molar-refractivity contribution < 1.29 is 8.78 Å². The van der Waals surface area contributed by atoms with E-state index in [-0.39, 0.29) is 30.9 Å². The van der Waals surface area contributed by atoms with Crippen molar-refractivity contribution in [3.05, 3.63) is 53.6 Å². The van der Waals surface area contributed by atoms with E-state index in [1.807, 2.05) is 29.5 Å². The molecule has 2 fully saturated rings. The maximum absolute atomic E-state index is 14.7. The molecule has 1 saturated carbocycles. The molecule has 2 aliphatic rings. The van der Waals surface area contributed by atoms with Gasteiger partial charge in [-0.2, -0.15) is 5.26 Å². The molecule has 0 spiro atoms. The molecule has 0 bridgehead atoms. The molecule has 1 aliphatic carbocycles. The first kappa shape index (κ1) is 23.5. The second-order valence-electron chi connectivity index (χ2n) is 9.00. The number of benzene rings is 1. The summed E-state index contributed by atoms with van der Waals surface area (Å²) in [5.74, 6) is 0.659. The lowest BCUT2D eigenvalue weighted by Gasteiger charge is -2.27. The minimum Gasteiger partial charge on any atom is -0.345 e. The molecule has 2 aromatic heterocycles. The highest BCUT2D eigenvalue weighted by Crippen LogP contribution is 2.40. The van der Waals surface area contributed by atoms with Crippen LogP contribution in [-0.4, -0.2) is 45.4 Å². The molecule has 0 radical (unpaired) electrons. The van der Waals surface area contributed by atoms with E-state index in [0.717, 1.165) is 36.1 Å². The van der Waals surface area contributed by atoms with Crippen LogP contribution in [0.4, 0.5) is 14.6 Å². The number of imidazole rings is 1. The van der Waals surface area contributed by atoms with Crippen molar-refractivity contribution in [2.24, 2.45) is 4.99 Å². The van der Waals surface area contributed by atoms with E-state index in [9.17, 15) is 14.0 Å². The molecule has 35 heavy (non-hydrogen) atoms. The summed E-state index contributed by atoms with van der Waals surface area (Å²) >= 11 is 1.52. The Labute approximate surface area is 207 Å². The van der Waals surface area contributed by atoms with Gasteiger partial charge in [0.05, 0.1) is 24.8 Å². The van der Waals surface area contributed by atoms with Gasteiger partial charge < -0.3 is 4.90 Å². The highest BCUT2D eigenvalue weighted by Gasteiger charge is 2.36. The van der Waals surface area contributed by atoms with E-state index in [1.54, 1.807) is 16.8 Å². The van der Waals surface area contributed by atoms with Gasteiger partial charge in [0, 0.05) is 11.3 Å². The Kier molecular flexibility index (Phi) is 6.86. The molecule has 182 valence electrons. The third-order valence-corrected chi connectivity index (χ3v) is 7.56. The Balaban J connectivity index is 1.54. The Morgan fingerprint density at radius 2 is 2.06 bits per heavy atom. The fourth-order valence-corrected chi connectivity index (χ4v) is 5.72. The first-order chi connectivity index (χ1) is 17.1. The average molecular weight is 496 g/mol. The number of rotatable bonds is 5. The zero-order valence-electron chi connectivity index (χ0n) is 19.5. The summed E-state index contributed by atoms with van der Waals surface area (Å²) in [6, 6.07) is 8.11.